The van der Waals surface area contributed by atoms with E-state index in [1.165, 1.54) is 0 Å². The zero-order valence-corrected chi connectivity index (χ0v) is 17.2. The Labute approximate surface area is 160 Å². The molecule has 0 amide bonds. The van der Waals surface area contributed by atoms with Crippen LogP contribution in [0.5, 0.6) is 0 Å². The normalized spacial score (nSPS) is 18.3. The van der Waals surface area contributed by atoms with Crippen molar-refractivity contribution in [2.45, 2.75) is 38.1 Å². The summed E-state index contributed by atoms with van der Waals surface area (Å²) in [4.78, 5) is 0.887. The van der Waals surface area contributed by atoms with Crippen LogP contribution in [0.3, 0.4) is 0 Å². The van der Waals surface area contributed by atoms with Gasteiger partial charge in [-0.1, -0.05) is 44.2 Å². The molecule has 2 aromatic rings. The van der Waals surface area contributed by atoms with E-state index in [2.05, 4.69) is 23.5 Å². The molecule has 2 aromatic carbocycles. The van der Waals surface area contributed by atoms with E-state index in [-0.39, 0.29) is 6.04 Å². The SMILES string of the molecule is CC.COCCCNC1c2ccccc2N(C)S(=O)c2cc(C)ccc21. The van der Waals surface area contributed by atoms with Crippen LogP contribution in [0.25, 0.3) is 0 Å². The van der Waals surface area contributed by atoms with E-state index in [1.807, 2.05) is 56.4 Å². The van der Waals surface area contributed by atoms with Crippen LogP contribution in [0.2, 0.25) is 0 Å². The average molecular weight is 375 g/mol. The number of methoxy groups -OCH3 is 1. The fourth-order valence-electron chi connectivity index (χ4n) is 3.14. The largest absolute Gasteiger partial charge is 0.385 e. The highest BCUT2D eigenvalue weighted by molar-refractivity contribution is 7.86. The van der Waals surface area contributed by atoms with Gasteiger partial charge in [-0.2, -0.15) is 0 Å². The maximum absolute atomic E-state index is 13.1. The second-order valence-corrected chi connectivity index (χ2v) is 7.57. The summed E-state index contributed by atoms with van der Waals surface area (Å²) in [7, 11) is 2.41. The smallest absolute Gasteiger partial charge is 0.153 e. The quantitative estimate of drug-likeness (QED) is 0.797. The third-order valence-corrected chi connectivity index (χ3v) is 5.80. The Hall–Kier alpha value is -1.69. The molecule has 1 aliphatic heterocycles. The van der Waals surface area contributed by atoms with E-state index in [4.69, 9.17) is 4.74 Å². The van der Waals surface area contributed by atoms with Gasteiger partial charge in [0.2, 0.25) is 0 Å². The summed E-state index contributed by atoms with van der Waals surface area (Å²) in [6.45, 7) is 7.61. The molecule has 3 rings (SSSR count). The topological polar surface area (TPSA) is 41.6 Å². The molecule has 0 fully saturated rings. The highest BCUT2D eigenvalue weighted by atomic mass is 32.2. The highest BCUT2D eigenvalue weighted by Crippen LogP contribution is 2.38. The molecular weight excluding hydrogens is 344 g/mol. The first kappa shape index (κ1) is 20.6. The molecule has 142 valence electrons. The number of rotatable bonds is 5. The monoisotopic (exact) mass is 374 g/mol. The summed E-state index contributed by atoms with van der Waals surface area (Å²) in [6, 6.07) is 14.5. The zero-order chi connectivity index (χ0) is 19.1. The van der Waals surface area contributed by atoms with E-state index in [0.29, 0.717) is 0 Å². The number of aryl methyl sites for hydroxylation is 1. The van der Waals surface area contributed by atoms with Gasteiger partial charge in [0.05, 0.1) is 16.6 Å². The predicted octanol–water partition coefficient (Wildman–Crippen LogP) is 4.21. The summed E-state index contributed by atoms with van der Waals surface area (Å²) >= 11 is 0. The number of para-hydroxylation sites is 1. The molecule has 0 bridgehead atoms. The van der Waals surface area contributed by atoms with Gasteiger partial charge in [0.15, 0.2) is 11.0 Å². The van der Waals surface area contributed by atoms with E-state index in [1.54, 1.807) is 7.11 Å². The third kappa shape index (κ3) is 4.34. The van der Waals surface area contributed by atoms with Crippen molar-refractivity contribution in [3.8, 4) is 0 Å². The van der Waals surface area contributed by atoms with Crippen LogP contribution in [0, 0.1) is 6.92 Å². The van der Waals surface area contributed by atoms with Crippen molar-refractivity contribution >= 4 is 16.7 Å². The molecule has 26 heavy (non-hydrogen) atoms. The fourth-order valence-corrected chi connectivity index (χ4v) is 4.45. The van der Waals surface area contributed by atoms with Crippen molar-refractivity contribution in [3.63, 3.8) is 0 Å². The minimum atomic E-state index is -1.21. The number of nitrogens with zero attached hydrogens (tertiary/aromatic N) is 1. The molecule has 0 radical (unpaired) electrons. The van der Waals surface area contributed by atoms with Gasteiger partial charge in [-0.05, 0) is 48.7 Å². The fraction of sp³-hybridized carbons (Fsp3) is 0.429. The lowest BCUT2D eigenvalue weighted by Gasteiger charge is -2.22. The van der Waals surface area contributed by atoms with E-state index < -0.39 is 11.0 Å². The summed E-state index contributed by atoms with van der Waals surface area (Å²) < 4.78 is 20.1. The molecule has 2 atom stereocenters. The zero-order valence-electron chi connectivity index (χ0n) is 16.4. The Morgan fingerprint density at radius 1 is 1.15 bits per heavy atom. The maximum Gasteiger partial charge on any atom is 0.153 e. The van der Waals surface area contributed by atoms with Crippen molar-refractivity contribution in [1.29, 1.82) is 0 Å². The third-order valence-electron chi connectivity index (χ3n) is 4.38. The minimum absolute atomic E-state index is 0.0301. The Balaban J connectivity index is 0.00000117. The van der Waals surface area contributed by atoms with Crippen LogP contribution < -0.4 is 9.62 Å². The summed E-state index contributed by atoms with van der Waals surface area (Å²) in [5.41, 5.74) is 4.38. The van der Waals surface area contributed by atoms with Gasteiger partial charge in [0, 0.05) is 20.8 Å². The van der Waals surface area contributed by atoms with Gasteiger partial charge < -0.3 is 10.1 Å². The molecule has 0 saturated carbocycles. The number of ether oxygens (including phenoxy) is 1. The van der Waals surface area contributed by atoms with Crippen LogP contribution >= 0.6 is 0 Å². The molecule has 0 aliphatic carbocycles. The maximum atomic E-state index is 13.1. The molecule has 2 unspecified atom stereocenters. The van der Waals surface area contributed by atoms with E-state index in [9.17, 15) is 4.21 Å². The molecule has 1 N–H and O–H groups in total. The first-order valence-electron chi connectivity index (χ1n) is 9.21. The van der Waals surface area contributed by atoms with Gasteiger partial charge in [-0.3, -0.25) is 4.31 Å². The molecular formula is C21H30N2O2S. The van der Waals surface area contributed by atoms with Crippen molar-refractivity contribution in [2.24, 2.45) is 0 Å². The van der Waals surface area contributed by atoms with Crippen molar-refractivity contribution in [2.75, 3.05) is 31.6 Å². The number of benzene rings is 2. The van der Waals surface area contributed by atoms with Gasteiger partial charge in [-0.25, -0.2) is 4.21 Å². The molecule has 5 heteroatoms. The Morgan fingerprint density at radius 3 is 2.62 bits per heavy atom. The second-order valence-electron chi connectivity index (χ2n) is 6.08. The van der Waals surface area contributed by atoms with Gasteiger partial charge in [0.1, 0.15) is 0 Å². The van der Waals surface area contributed by atoms with Crippen LogP contribution in [-0.2, 0) is 15.7 Å². The molecule has 4 nitrogen and oxygen atoms in total. The van der Waals surface area contributed by atoms with E-state index >= 15 is 0 Å². The lowest BCUT2D eigenvalue weighted by Crippen LogP contribution is -2.25. The summed E-state index contributed by atoms with van der Waals surface area (Å²) in [6.07, 6.45) is 0.940. The number of fused-ring (bicyclic) bond motifs is 2. The molecule has 1 aliphatic rings. The Kier molecular flexibility index (Phi) is 7.82. The molecule has 0 saturated heterocycles. The first-order valence-corrected chi connectivity index (χ1v) is 10.3. The molecule has 0 spiro atoms. The second kappa shape index (κ2) is 9.86. The van der Waals surface area contributed by atoms with Crippen LogP contribution in [0.15, 0.2) is 47.4 Å². The lowest BCUT2D eigenvalue weighted by molar-refractivity contribution is 0.193. The summed E-state index contributed by atoms with van der Waals surface area (Å²) in [5, 5.41) is 3.63. The standard InChI is InChI=1S/C19H24N2O2S.C2H6/c1-14-9-10-16-18(13-14)24(22)21(2)17-8-5-4-7-15(17)19(16)20-11-6-12-23-3;1-2/h4-5,7-10,13,19-20H,6,11-12H2,1-3H3;1-2H3. The van der Waals surface area contributed by atoms with Gasteiger partial charge >= 0.3 is 0 Å². The number of anilines is 1. The van der Waals surface area contributed by atoms with Crippen LogP contribution in [0.1, 0.15) is 43.0 Å². The predicted molar refractivity (Wildman–Crippen MR) is 110 cm³/mol. The highest BCUT2D eigenvalue weighted by Gasteiger charge is 2.29. The Bertz CT molecular complexity index is 749. The minimum Gasteiger partial charge on any atom is -0.385 e. The average Bonchev–Trinajstić information content (AvgIpc) is 2.76. The molecule has 1 heterocycles. The Morgan fingerprint density at radius 2 is 1.88 bits per heavy atom. The van der Waals surface area contributed by atoms with Crippen molar-refractivity contribution < 1.29 is 8.95 Å². The number of hydrogen-bond acceptors (Lipinski definition) is 3. The van der Waals surface area contributed by atoms with Gasteiger partial charge in [-0.15, -0.1) is 0 Å². The lowest BCUT2D eigenvalue weighted by atomic mass is 9.96. The van der Waals surface area contributed by atoms with Crippen molar-refractivity contribution in [3.05, 3.63) is 59.2 Å². The van der Waals surface area contributed by atoms with Crippen LogP contribution in [0.4, 0.5) is 5.69 Å². The first-order chi connectivity index (χ1) is 12.6. The summed E-state index contributed by atoms with van der Waals surface area (Å²) in [5.74, 6) is 0. The van der Waals surface area contributed by atoms with Crippen LogP contribution in [-0.4, -0.2) is 31.5 Å². The number of hydrogen-bond donors (Lipinski definition) is 1. The number of nitrogens with one attached hydrogen (secondary N) is 1. The molecule has 0 aromatic heterocycles. The van der Waals surface area contributed by atoms with Gasteiger partial charge in [0.25, 0.3) is 0 Å². The van der Waals surface area contributed by atoms with Crippen molar-refractivity contribution in [1.82, 2.24) is 5.32 Å². The van der Waals surface area contributed by atoms with E-state index in [0.717, 1.165) is 46.8 Å².